The molecule has 2 amide bonds. The fraction of sp³-hybridized carbons (Fsp3) is 0.581. The van der Waals surface area contributed by atoms with Crippen molar-refractivity contribution in [3.8, 4) is 11.1 Å². The highest BCUT2D eigenvalue weighted by Gasteiger charge is 2.34. The van der Waals surface area contributed by atoms with E-state index in [4.69, 9.17) is 9.26 Å². The highest BCUT2D eigenvalue weighted by Crippen LogP contribution is 2.34. The summed E-state index contributed by atoms with van der Waals surface area (Å²) >= 11 is 0. The van der Waals surface area contributed by atoms with E-state index < -0.39 is 33.8 Å². The lowest BCUT2D eigenvalue weighted by Crippen LogP contribution is -2.49. The van der Waals surface area contributed by atoms with Crippen molar-refractivity contribution in [2.24, 2.45) is 11.8 Å². The molecule has 0 saturated heterocycles. The fourth-order valence-electron chi connectivity index (χ4n) is 5.50. The van der Waals surface area contributed by atoms with E-state index in [1.165, 1.54) is 6.26 Å². The summed E-state index contributed by atoms with van der Waals surface area (Å²) in [5.41, 5.74) is 3.21. The number of amides is 2. The Kier molecular flexibility index (Phi) is 10.7. The van der Waals surface area contributed by atoms with Crippen LogP contribution in [0.2, 0.25) is 0 Å². The molecule has 10 nitrogen and oxygen atoms in total. The number of pyridine rings is 1. The zero-order valence-electron chi connectivity index (χ0n) is 26.3. The van der Waals surface area contributed by atoms with Crippen LogP contribution < -0.4 is 10.6 Å². The van der Waals surface area contributed by atoms with Gasteiger partial charge >= 0.3 is 0 Å². The lowest BCUT2D eigenvalue weighted by atomic mass is 9.79. The number of aromatic nitrogens is 4. The van der Waals surface area contributed by atoms with Gasteiger partial charge in [0.15, 0.2) is 0 Å². The highest BCUT2D eigenvalue weighted by atomic mass is 32.3. The molecule has 0 spiro atoms. The molecule has 0 unspecified atom stereocenters. The van der Waals surface area contributed by atoms with Gasteiger partial charge in [-0.15, -0.1) is 0 Å². The van der Waals surface area contributed by atoms with Crippen LogP contribution in [0.25, 0.3) is 11.1 Å². The monoisotopic (exact) mass is 616 g/mol. The van der Waals surface area contributed by atoms with Crippen LogP contribution in [0.5, 0.6) is 0 Å². The predicted molar refractivity (Wildman–Crippen MR) is 168 cm³/mol. The minimum Gasteiger partial charge on any atom is -0.364 e. The third kappa shape index (κ3) is 8.23. The van der Waals surface area contributed by atoms with Crippen LogP contribution in [0.3, 0.4) is 0 Å². The number of anilines is 1. The van der Waals surface area contributed by atoms with E-state index in [9.17, 15) is 9.59 Å². The van der Waals surface area contributed by atoms with Gasteiger partial charge in [-0.25, -0.2) is 19.7 Å². The van der Waals surface area contributed by atoms with Crippen LogP contribution in [0.1, 0.15) is 67.0 Å². The normalized spacial score (nSPS) is 18.3. The molecule has 3 heterocycles. The van der Waals surface area contributed by atoms with E-state index >= 15 is 4.39 Å². The van der Waals surface area contributed by atoms with E-state index in [1.807, 2.05) is 20.8 Å². The largest absolute Gasteiger partial charge is 0.364 e. The SMILES string of the molecule is CCc1nocc1C(=O)N[C@H](C(=O)Nc1ccc(-c2c(C)nn(COCCS(C)(C)C)c2C)c(F)n1)C1CCC(C)CC1. The molecular weight excluding hydrogens is 571 g/mol. The maximum atomic E-state index is 15.5. The summed E-state index contributed by atoms with van der Waals surface area (Å²) in [6, 6.07) is 2.36. The summed E-state index contributed by atoms with van der Waals surface area (Å²) in [6.45, 7) is 8.69. The van der Waals surface area contributed by atoms with Gasteiger partial charge in [-0.3, -0.25) is 9.59 Å². The molecule has 43 heavy (non-hydrogen) atoms. The topological polar surface area (TPSA) is 124 Å². The summed E-state index contributed by atoms with van der Waals surface area (Å²) in [7, 11) is -0.656. The van der Waals surface area contributed by atoms with Gasteiger partial charge in [0, 0.05) is 22.6 Å². The summed E-state index contributed by atoms with van der Waals surface area (Å²) in [6.07, 6.45) is 12.1. The first kappa shape index (κ1) is 32.7. The van der Waals surface area contributed by atoms with Crippen molar-refractivity contribution < 1.29 is 23.2 Å². The standard InChI is InChI=1S/C31H45FN6O4S/c1-8-25-24(17-42-37-25)30(39)35-28(22-11-9-19(2)10-12-22)31(40)34-26-14-13-23(29(32)33-26)27-20(3)36-38(21(27)4)18-41-15-16-43(5,6)7/h13-14,17,19,22,28H,8-12,15-16,18H2,1-7H3,(H,35,39)(H,33,34,40)/t19?,22?,28-/m0/s1. The zero-order valence-corrected chi connectivity index (χ0v) is 27.1. The predicted octanol–water partition coefficient (Wildman–Crippen LogP) is 5.48. The Morgan fingerprint density at radius 3 is 2.56 bits per heavy atom. The van der Waals surface area contributed by atoms with Crippen molar-refractivity contribution in [1.82, 2.24) is 25.2 Å². The molecule has 0 bridgehead atoms. The first-order chi connectivity index (χ1) is 20.4. The highest BCUT2D eigenvalue weighted by molar-refractivity contribution is 8.32. The first-order valence-electron chi connectivity index (χ1n) is 14.9. The van der Waals surface area contributed by atoms with Crippen molar-refractivity contribution in [2.75, 3.05) is 36.4 Å². The zero-order chi connectivity index (χ0) is 31.3. The van der Waals surface area contributed by atoms with Crippen LogP contribution >= 0.6 is 10.0 Å². The molecular formula is C31H45FN6O4S. The fourth-order valence-corrected chi connectivity index (χ4v) is 6.12. The second-order valence-electron chi connectivity index (χ2n) is 12.4. The van der Waals surface area contributed by atoms with E-state index in [-0.39, 0.29) is 18.5 Å². The van der Waals surface area contributed by atoms with E-state index in [2.05, 4.69) is 51.6 Å². The molecule has 1 aliphatic carbocycles. The van der Waals surface area contributed by atoms with Gasteiger partial charge in [0.1, 0.15) is 30.4 Å². The van der Waals surface area contributed by atoms with Gasteiger partial charge < -0.3 is 19.9 Å². The summed E-state index contributed by atoms with van der Waals surface area (Å²) < 4.78 is 28.0. The van der Waals surface area contributed by atoms with Crippen LogP contribution in [0.4, 0.5) is 10.2 Å². The first-order valence-corrected chi connectivity index (χ1v) is 17.9. The average molecular weight is 617 g/mol. The number of nitrogens with one attached hydrogen (secondary N) is 2. The number of halogens is 1. The van der Waals surface area contributed by atoms with Gasteiger partial charge in [-0.05, 0) is 75.8 Å². The Morgan fingerprint density at radius 2 is 1.91 bits per heavy atom. The van der Waals surface area contributed by atoms with Crippen molar-refractivity contribution in [2.45, 2.75) is 72.6 Å². The molecule has 1 aliphatic rings. The van der Waals surface area contributed by atoms with Gasteiger partial charge in [0.05, 0.1) is 18.0 Å². The van der Waals surface area contributed by atoms with Crippen LogP contribution in [-0.2, 0) is 22.7 Å². The van der Waals surface area contributed by atoms with Crippen molar-refractivity contribution >= 4 is 27.7 Å². The average Bonchev–Trinajstić information content (AvgIpc) is 3.54. The summed E-state index contributed by atoms with van der Waals surface area (Å²) in [4.78, 5) is 30.8. The Bertz CT molecular complexity index is 1420. The third-order valence-corrected chi connectivity index (χ3v) is 9.52. The maximum absolute atomic E-state index is 15.5. The molecule has 3 aromatic heterocycles. The molecule has 236 valence electrons. The number of aryl methyl sites for hydroxylation is 2. The number of carbonyl (C=O) groups is 2. The molecule has 0 aromatic carbocycles. The second-order valence-corrected chi connectivity index (χ2v) is 17.0. The van der Waals surface area contributed by atoms with Crippen molar-refractivity contribution in [1.29, 1.82) is 0 Å². The second kappa shape index (κ2) is 14.0. The minimum absolute atomic E-state index is 0.0580. The molecule has 0 radical (unpaired) electrons. The number of hydrogen-bond donors (Lipinski definition) is 2. The van der Waals surface area contributed by atoms with Gasteiger partial charge in [-0.1, -0.05) is 31.8 Å². The molecule has 2 N–H and O–H groups in total. The Labute approximate surface area is 254 Å². The van der Waals surface area contributed by atoms with E-state index in [0.717, 1.165) is 37.1 Å². The molecule has 4 rings (SSSR count). The van der Waals surface area contributed by atoms with Crippen molar-refractivity contribution in [3.63, 3.8) is 0 Å². The number of rotatable bonds is 12. The Balaban J connectivity index is 1.49. The summed E-state index contributed by atoms with van der Waals surface area (Å²) in [5.74, 6) is 0.00713. The van der Waals surface area contributed by atoms with Gasteiger partial charge in [0.2, 0.25) is 11.9 Å². The number of carbonyl (C=O) groups excluding carboxylic acids is 2. The molecule has 1 atom stereocenters. The smallest absolute Gasteiger partial charge is 0.257 e. The summed E-state index contributed by atoms with van der Waals surface area (Å²) in [5, 5.41) is 14.1. The Hall–Kier alpha value is -3.25. The molecule has 0 aliphatic heterocycles. The van der Waals surface area contributed by atoms with Crippen LogP contribution in [0, 0.1) is 31.6 Å². The van der Waals surface area contributed by atoms with Crippen LogP contribution in [-0.4, -0.2) is 68.9 Å². The van der Waals surface area contributed by atoms with E-state index in [0.29, 0.717) is 47.0 Å². The van der Waals surface area contributed by atoms with E-state index in [1.54, 1.807) is 16.8 Å². The molecule has 1 saturated carbocycles. The molecule has 3 aromatic rings. The number of ether oxygens (including phenoxy) is 1. The van der Waals surface area contributed by atoms with Gasteiger partial charge in [-0.2, -0.15) is 9.49 Å². The number of nitrogens with zero attached hydrogens (tertiary/aromatic N) is 4. The Morgan fingerprint density at radius 1 is 1.19 bits per heavy atom. The number of hydrogen-bond acceptors (Lipinski definition) is 7. The molecule has 12 heteroatoms. The minimum atomic E-state index is -0.813. The van der Waals surface area contributed by atoms with Crippen LogP contribution in [0.15, 0.2) is 22.9 Å². The third-order valence-electron chi connectivity index (χ3n) is 8.13. The lowest BCUT2D eigenvalue weighted by Gasteiger charge is -2.32. The molecule has 1 fully saturated rings. The quantitative estimate of drug-likeness (QED) is 0.204. The van der Waals surface area contributed by atoms with Gasteiger partial charge in [0.25, 0.3) is 5.91 Å². The lowest BCUT2D eigenvalue weighted by molar-refractivity contribution is -0.119. The van der Waals surface area contributed by atoms with Crippen molar-refractivity contribution in [3.05, 3.63) is 47.0 Å². The maximum Gasteiger partial charge on any atom is 0.257 e.